The van der Waals surface area contributed by atoms with Gasteiger partial charge in [0.1, 0.15) is 0 Å². The Morgan fingerprint density at radius 2 is 1.89 bits per heavy atom. The normalized spacial score (nSPS) is 15.2. The highest BCUT2D eigenvalue weighted by Crippen LogP contribution is 2.25. The molecule has 0 aliphatic heterocycles. The summed E-state index contributed by atoms with van der Waals surface area (Å²) in [6, 6.07) is 6.06. The highest BCUT2D eigenvalue weighted by Gasteiger charge is 2.27. The molecule has 2 atom stereocenters. The lowest BCUT2D eigenvalue weighted by Crippen LogP contribution is -2.36. The van der Waals surface area contributed by atoms with Gasteiger partial charge in [-0.2, -0.15) is 0 Å². The minimum absolute atomic E-state index is 0.144. The number of hydrogen-bond acceptors (Lipinski definition) is 3. The topological polar surface area (TPSA) is 46.2 Å². The monoisotopic (exact) mass is 283 g/mol. The van der Waals surface area contributed by atoms with E-state index in [-0.39, 0.29) is 6.04 Å². The second-order valence-electron chi connectivity index (χ2n) is 5.33. The van der Waals surface area contributed by atoms with Gasteiger partial charge in [-0.1, -0.05) is 30.7 Å². The van der Waals surface area contributed by atoms with Gasteiger partial charge in [-0.15, -0.1) is 0 Å². The van der Waals surface area contributed by atoms with E-state index < -0.39 is 15.1 Å². The second-order valence-corrected chi connectivity index (χ2v) is 7.73. The summed E-state index contributed by atoms with van der Waals surface area (Å²) in [6.45, 7) is 8.75. The van der Waals surface area contributed by atoms with Crippen LogP contribution in [0.4, 0.5) is 0 Å². The first-order valence-corrected chi connectivity index (χ1v) is 8.72. The average molecular weight is 283 g/mol. The lowest BCUT2D eigenvalue weighted by molar-refractivity contribution is 0.498. The van der Waals surface area contributed by atoms with Crippen molar-refractivity contribution in [1.29, 1.82) is 0 Å². The zero-order chi connectivity index (χ0) is 14.6. The lowest BCUT2D eigenvalue weighted by atomic mass is 9.97. The molecule has 0 saturated carbocycles. The van der Waals surface area contributed by atoms with E-state index in [1.807, 2.05) is 13.8 Å². The zero-order valence-corrected chi connectivity index (χ0v) is 13.3. The van der Waals surface area contributed by atoms with Crippen LogP contribution in [0.5, 0.6) is 0 Å². The van der Waals surface area contributed by atoms with Gasteiger partial charge in [-0.05, 0) is 44.9 Å². The maximum atomic E-state index is 11.9. The van der Waals surface area contributed by atoms with E-state index in [1.165, 1.54) is 6.26 Å². The standard InChI is InChI=1S/C15H25NO2S/c1-6-9-16-15(13(4)19(5,17)18)14-10-11(2)7-8-12(14)3/h7-8,10,13,15-16H,6,9H2,1-5H3. The van der Waals surface area contributed by atoms with Crippen LogP contribution >= 0.6 is 0 Å². The molecule has 4 heteroatoms. The lowest BCUT2D eigenvalue weighted by Gasteiger charge is -2.26. The van der Waals surface area contributed by atoms with E-state index in [4.69, 9.17) is 0 Å². The molecular formula is C15H25NO2S. The predicted octanol–water partition coefficient (Wildman–Crippen LogP) is 2.78. The molecule has 3 nitrogen and oxygen atoms in total. The van der Waals surface area contributed by atoms with Crippen LogP contribution in [0.2, 0.25) is 0 Å². The molecule has 0 radical (unpaired) electrons. The molecule has 0 bridgehead atoms. The van der Waals surface area contributed by atoms with Gasteiger partial charge in [-0.3, -0.25) is 0 Å². The van der Waals surface area contributed by atoms with Crippen LogP contribution in [0.1, 0.15) is 43.0 Å². The first-order valence-electron chi connectivity index (χ1n) is 6.76. The Hall–Kier alpha value is -0.870. The second kappa shape index (κ2) is 6.53. The molecule has 1 rings (SSSR count). The van der Waals surface area contributed by atoms with Crippen LogP contribution < -0.4 is 5.32 Å². The Morgan fingerprint density at radius 3 is 2.42 bits per heavy atom. The summed E-state index contributed by atoms with van der Waals surface area (Å²) in [6.07, 6.45) is 2.29. The number of hydrogen-bond donors (Lipinski definition) is 1. The minimum atomic E-state index is -3.07. The van der Waals surface area contributed by atoms with Crippen molar-refractivity contribution >= 4 is 9.84 Å². The van der Waals surface area contributed by atoms with Crippen LogP contribution in [0.3, 0.4) is 0 Å². The van der Waals surface area contributed by atoms with Crippen molar-refractivity contribution in [2.45, 2.75) is 45.4 Å². The molecule has 0 aliphatic carbocycles. The molecule has 2 unspecified atom stereocenters. The van der Waals surface area contributed by atoms with Crippen LogP contribution in [0.25, 0.3) is 0 Å². The maximum absolute atomic E-state index is 11.9. The molecule has 0 amide bonds. The van der Waals surface area contributed by atoms with Crippen LogP contribution in [0.15, 0.2) is 18.2 Å². The summed E-state index contributed by atoms with van der Waals surface area (Å²) >= 11 is 0. The number of nitrogens with one attached hydrogen (secondary N) is 1. The summed E-state index contributed by atoms with van der Waals surface area (Å²) in [5.41, 5.74) is 3.38. The molecule has 1 N–H and O–H groups in total. The molecular weight excluding hydrogens is 258 g/mol. The van der Waals surface area contributed by atoms with E-state index in [9.17, 15) is 8.42 Å². The van der Waals surface area contributed by atoms with Crippen molar-refractivity contribution in [1.82, 2.24) is 5.32 Å². The SMILES string of the molecule is CCCNC(c1cc(C)ccc1C)C(C)S(C)(=O)=O. The molecule has 0 fully saturated rings. The fourth-order valence-electron chi connectivity index (χ4n) is 2.17. The Labute approximate surface area is 117 Å². The molecule has 1 aromatic rings. The van der Waals surface area contributed by atoms with Gasteiger partial charge in [0.25, 0.3) is 0 Å². The third kappa shape index (κ3) is 4.32. The highest BCUT2D eigenvalue weighted by atomic mass is 32.2. The molecule has 0 heterocycles. The first-order chi connectivity index (χ1) is 8.77. The molecule has 0 spiro atoms. The molecule has 108 valence electrons. The summed E-state index contributed by atoms with van der Waals surface area (Å²) < 4.78 is 23.7. The molecule has 0 aromatic heterocycles. The van der Waals surface area contributed by atoms with Crippen molar-refractivity contribution in [2.24, 2.45) is 0 Å². The Morgan fingerprint density at radius 1 is 1.26 bits per heavy atom. The van der Waals surface area contributed by atoms with Crippen molar-refractivity contribution < 1.29 is 8.42 Å². The highest BCUT2D eigenvalue weighted by molar-refractivity contribution is 7.91. The van der Waals surface area contributed by atoms with Crippen molar-refractivity contribution in [3.05, 3.63) is 34.9 Å². The van der Waals surface area contributed by atoms with E-state index in [0.29, 0.717) is 0 Å². The molecule has 0 aliphatic rings. The fourth-order valence-corrected chi connectivity index (χ4v) is 2.91. The van der Waals surface area contributed by atoms with Gasteiger partial charge in [0, 0.05) is 12.3 Å². The van der Waals surface area contributed by atoms with E-state index in [1.54, 1.807) is 6.92 Å². The van der Waals surface area contributed by atoms with Crippen LogP contribution in [-0.4, -0.2) is 26.5 Å². The third-order valence-electron chi connectivity index (χ3n) is 3.53. The Bertz CT molecular complexity index is 523. The molecule has 19 heavy (non-hydrogen) atoms. The summed E-state index contributed by atoms with van der Waals surface area (Å²) in [5, 5.41) is 2.95. The van der Waals surface area contributed by atoms with Crippen molar-refractivity contribution in [2.75, 3.05) is 12.8 Å². The molecule has 1 aromatic carbocycles. The first kappa shape index (κ1) is 16.2. The quantitative estimate of drug-likeness (QED) is 0.873. The largest absolute Gasteiger partial charge is 0.309 e. The van der Waals surface area contributed by atoms with Crippen molar-refractivity contribution in [3.8, 4) is 0 Å². The van der Waals surface area contributed by atoms with Crippen molar-refractivity contribution in [3.63, 3.8) is 0 Å². The number of benzene rings is 1. The predicted molar refractivity (Wildman–Crippen MR) is 81.3 cm³/mol. The smallest absolute Gasteiger partial charge is 0.151 e. The zero-order valence-electron chi connectivity index (χ0n) is 12.5. The summed E-state index contributed by atoms with van der Waals surface area (Å²) in [7, 11) is -3.07. The third-order valence-corrected chi connectivity index (χ3v) is 5.15. The van der Waals surface area contributed by atoms with E-state index in [2.05, 4.69) is 30.4 Å². The van der Waals surface area contributed by atoms with Crippen LogP contribution in [-0.2, 0) is 9.84 Å². The van der Waals surface area contributed by atoms with Gasteiger partial charge in [-0.25, -0.2) is 8.42 Å². The minimum Gasteiger partial charge on any atom is -0.309 e. The molecule has 0 saturated heterocycles. The van der Waals surface area contributed by atoms with Gasteiger partial charge in [0.05, 0.1) is 5.25 Å². The Balaban J connectivity index is 3.19. The number of rotatable bonds is 6. The number of sulfone groups is 1. The number of aryl methyl sites for hydroxylation is 2. The van der Waals surface area contributed by atoms with E-state index in [0.717, 1.165) is 29.7 Å². The maximum Gasteiger partial charge on any atom is 0.151 e. The van der Waals surface area contributed by atoms with E-state index >= 15 is 0 Å². The van der Waals surface area contributed by atoms with Gasteiger partial charge in [0.2, 0.25) is 0 Å². The average Bonchev–Trinajstić information content (AvgIpc) is 2.32. The van der Waals surface area contributed by atoms with Gasteiger partial charge >= 0.3 is 0 Å². The van der Waals surface area contributed by atoms with Gasteiger partial charge < -0.3 is 5.32 Å². The Kier molecular flexibility index (Phi) is 5.56. The summed E-state index contributed by atoms with van der Waals surface area (Å²) in [4.78, 5) is 0. The van der Waals surface area contributed by atoms with Gasteiger partial charge in [0.15, 0.2) is 9.84 Å². The van der Waals surface area contributed by atoms with Crippen LogP contribution in [0, 0.1) is 13.8 Å². The summed E-state index contributed by atoms with van der Waals surface area (Å²) in [5.74, 6) is 0. The fraction of sp³-hybridized carbons (Fsp3) is 0.600.